The highest BCUT2D eigenvalue weighted by Crippen LogP contribution is 2.21. The second-order valence-corrected chi connectivity index (χ2v) is 6.15. The van der Waals surface area contributed by atoms with Crippen molar-refractivity contribution in [1.82, 2.24) is 5.32 Å². The third-order valence-corrected chi connectivity index (χ3v) is 4.19. The Hall–Kier alpha value is -2.82. The number of phenolic OH excluding ortho intramolecular Hbond substituents is 1. The predicted octanol–water partition coefficient (Wildman–Crippen LogP) is 3.62. The lowest BCUT2D eigenvalue weighted by molar-refractivity contribution is -0.119. The van der Waals surface area contributed by atoms with Crippen molar-refractivity contribution in [2.45, 2.75) is 33.7 Å². The average molecular weight is 340 g/mol. The first-order valence-electron chi connectivity index (χ1n) is 8.39. The Bertz CT molecular complexity index is 771. The number of aromatic hydroxyl groups is 1. The molecule has 0 radical (unpaired) electrons. The molecule has 0 aliphatic carbocycles. The van der Waals surface area contributed by atoms with Crippen molar-refractivity contribution in [3.63, 3.8) is 0 Å². The van der Waals surface area contributed by atoms with Gasteiger partial charge in [0.05, 0.1) is 5.56 Å². The quantitative estimate of drug-likeness (QED) is 0.751. The normalized spacial score (nSPS) is 11.6. The van der Waals surface area contributed by atoms with Crippen LogP contribution in [0.3, 0.4) is 0 Å². The van der Waals surface area contributed by atoms with Crippen molar-refractivity contribution < 1.29 is 14.7 Å². The zero-order valence-electron chi connectivity index (χ0n) is 14.8. The van der Waals surface area contributed by atoms with Crippen molar-refractivity contribution in [3.05, 3.63) is 59.2 Å². The minimum absolute atomic E-state index is 0.00503. The summed E-state index contributed by atoms with van der Waals surface area (Å²) in [5.74, 6) is -0.411. The molecular weight excluding hydrogens is 316 g/mol. The fourth-order valence-corrected chi connectivity index (χ4v) is 2.33. The highest BCUT2D eigenvalue weighted by Gasteiger charge is 2.13. The van der Waals surface area contributed by atoms with E-state index in [0.29, 0.717) is 17.8 Å². The number of benzene rings is 2. The van der Waals surface area contributed by atoms with E-state index in [1.165, 1.54) is 0 Å². The fourth-order valence-electron chi connectivity index (χ4n) is 2.33. The summed E-state index contributed by atoms with van der Waals surface area (Å²) in [7, 11) is 0. The van der Waals surface area contributed by atoms with E-state index in [1.807, 2.05) is 38.1 Å². The van der Waals surface area contributed by atoms with Crippen LogP contribution in [0.25, 0.3) is 0 Å². The van der Waals surface area contributed by atoms with Crippen LogP contribution in [0.1, 0.15) is 41.8 Å². The number of carbonyl (C=O) groups excluding carboxylic acids is 2. The molecule has 0 aliphatic heterocycles. The number of carbonyl (C=O) groups is 2. The highest BCUT2D eigenvalue weighted by atomic mass is 16.3. The van der Waals surface area contributed by atoms with Crippen molar-refractivity contribution in [2.24, 2.45) is 5.92 Å². The average Bonchev–Trinajstić information content (AvgIpc) is 2.61. The number of nitrogens with one attached hydrogen (secondary N) is 2. The molecule has 0 fully saturated rings. The fraction of sp³-hybridized carbons (Fsp3) is 0.300. The molecule has 25 heavy (non-hydrogen) atoms. The molecule has 0 bridgehead atoms. The molecule has 0 spiro atoms. The Morgan fingerprint density at radius 1 is 1.16 bits per heavy atom. The summed E-state index contributed by atoms with van der Waals surface area (Å²) in [6.07, 6.45) is 0.779. The van der Waals surface area contributed by atoms with Crippen LogP contribution in [0.5, 0.6) is 5.75 Å². The van der Waals surface area contributed by atoms with Crippen molar-refractivity contribution in [2.75, 3.05) is 5.32 Å². The van der Waals surface area contributed by atoms with Gasteiger partial charge in [-0.3, -0.25) is 9.59 Å². The van der Waals surface area contributed by atoms with Gasteiger partial charge >= 0.3 is 0 Å². The Morgan fingerprint density at radius 3 is 2.60 bits per heavy atom. The molecule has 3 N–H and O–H groups in total. The summed E-state index contributed by atoms with van der Waals surface area (Å²) >= 11 is 0. The summed E-state index contributed by atoms with van der Waals surface area (Å²) in [6, 6.07) is 12.4. The van der Waals surface area contributed by atoms with E-state index in [-0.39, 0.29) is 29.0 Å². The third-order valence-electron chi connectivity index (χ3n) is 4.19. The number of hydrogen-bond acceptors (Lipinski definition) is 3. The van der Waals surface area contributed by atoms with Crippen LogP contribution in [0, 0.1) is 12.8 Å². The minimum Gasteiger partial charge on any atom is -0.507 e. The van der Waals surface area contributed by atoms with Crippen LogP contribution in [0.4, 0.5) is 5.69 Å². The first kappa shape index (κ1) is 18.5. The van der Waals surface area contributed by atoms with Crippen LogP contribution in [-0.2, 0) is 11.3 Å². The van der Waals surface area contributed by atoms with E-state index < -0.39 is 0 Å². The second-order valence-electron chi connectivity index (χ2n) is 6.15. The van der Waals surface area contributed by atoms with Crippen LogP contribution in [0.15, 0.2) is 42.5 Å². The first-order valence-corrected chi connectivity index (χ1v) is 8.39. The number of aryl methyl sites for hydroxylation is 1. The van der Waals surface area contributed by atoms with Crippen molar-refractivity contribution >= 4 is 17.5 Å². The van der Waals surface area contributed by atoms with E-state index in [1.54, 1.807) is 25.1 Å². The molecular formula is C20H24N2O3. The minimum atomic E-state index is -0.338. The van der Waals surface area contributed by atoms with Crippen LogP contribution < -0.4 is 10.6 Å². The molecule has 1 unspecified atom stereocenters. The molecule has 0 aliphatic rings. The number of anilines is 1. The van der Waals surface area contributed by atoms with Gasteiger partial charge in [-0.1, -0.05) is 38.1 Å². The Morgan fingerprint density at radius 2 is 1.88 bits per heavy atom. The first-order chi connectivity index (χ1) is 11.9. The van der Waals surface area contributed by atoms with Gasteiger partial charge in [0, 0.05) is 18.2 Å². The van der Waals surface area contributed by atoms with Gasteiger partial charge in [0.25, 0.3) is 5.91 Å². The van der Waals surface area contributed by atoms with Gasteiger partial charge in [0.2, 0.25) is 5.91 Å². The van der Waals surface area contributed by atoms with E-state index in [9.17, 15) is 14.7 Å². The van der Waals surface area contributed by atoms with Gasteiger partial charge in [-0.15, -0.1) is 0 Å². The van der Waals surface area contributed by atoms with Gasteiger partial charge < -0.3 is 15.7 Å². The maximum atomic E-state index is 12.2. The van der Waals surface area contributed by atoms with E-state index in [4.69, 9.17) is 0 Å². The molecule has 0 heterocycles. The van der Waals surface area contributed by atoms with Crippen molar-refractivity contribution in [1.29, 1.82) is 0 Å². The number of phenols is 1. The summed E-state index contributed by atoms with van der Waals surface area (Å²) in [5, 5.41) is 15.6. The zero-order chi connectivity index (χ0) is 18.4. The molecule has 132 valence electrons. The maximum Gasteiger partial charge on any atom is 0.255 e. The molecule has 1 atom stereocenters. The number of hydrogen-bond donors (Lipinski definition) is 3. The number of amides is 2. The molecule has 2 aromatic carbocycles. The highest BCUT2D eigenvalue weighted by molar-refractivity contribution is 5.97. The SMILES string of the molecule is CCC(C)C(=O)Nc1cccc(CNC(=O)c2cccc(C)c2O)c1. The number of rotatable bonds is 6. The molecule has 2 rings (SSSR count). The lowest BCUT2D eigenvalue weighted by Gasteiger charge is -2.12. The van der Waals surface area contributed by atoms with Gasteiger partial charge in [-0.25, -0.2) is 0 Å². The molecule has 5 nitrogen and oxygen atoms in total. The summed E-state index contributed by atoms with van der Waals surface area (Å²) in [6.45, 7) is 5.90. The van der Waals surface area contributed by atoms with E-state index >= 15 is 0 Å². The smallest absolute Gasteiger partial charge is 0.255 e. The van der Waals surface area contributed by atoms with Crippen LogP contribution >= 0.6 is 0 Å². The molecule has 2 aromatic rings. The molecule has 0 saturated carbocycles. The van der Waals surface area contributed by atoms with Crippen LogP contribution in [-0.4, -0.2) is 16.9 Å². The number of para-hydroxylation sites is 1. The lowest BCUT2D eigenvalue weighted by atomic mass is 10.1. The van der Waals surface area contributed by atoms with Gasteiger partial charge in [0.1, 0.15) is 5.75 Å². The molecule has 2 amide bonds. The third kappa shape index (κ3) is 4.83. The molecule has 0 aromatic heterocycles. The topological polar surface area (TPSA) is 78.4 Å². The lowest BCUT2D eigenvalue weighted by Crippen LogP contribution is -2.23. The Kier molecular flexibility index (Phi) is 6.17. The van der Waals surface area contributed by atoms with Gasteiger partial charge in [-0.05, 0) is 42.7 Å². The maximum absolute atomic E-state index is 12.2. The Labute approximate surface area is 148 Å². The summed E-state index contributed by atoms with van der Waals surface area (Å²) in [4.78, 5) is 24.2. The molecule has 5 heteroatoms. The van der Waals surface area contributed by atoms with Gasteiger partial charge in [0.15, 0.2) is 0 Å². The van der Waals surface area contributed by atoms with E-state index in [2.05, 4.69) is 10.6 Å². The largest absolute Gasteiger partial charge is 0.507 e. The predicted molar refractivity (Wildman–Crippen MR) is 98.5 cm³/mol. The second kappa shape index (κ2) is 8.33. The Balaban J connectivity index is 2.01. The summed E-state index contributed by atoms with van der Waals surface area (Å²) in [5.41, 5.74) is 2.47. The summed E-state index contributed by atoms with van der Waals surface area (Å²) < 4.78 is 0. The van der Waals surface area contributed by atoms with Crippen LogP contribution in [0.2, 0.25) is 0 Å². The standard InChI is InChI=1S/C20H24N2O3/c1-4-13(2)19(24)22-16-9-6-8-15(11-16)12-21-20(25)17-10-5-7-14(3)18(17)23/h5-11,13,23H,4,12H2,1-3H3,(H,21,25)(H,22,24). The molecule has 0 saturated heterocycles. The zero-order valence-corrected chi connectivity index (χ0v) is 14.8. The monoisotopic (exact) mass is 340 g/mol. The van der Waals surface area contributed by atoms with E-state index in [0.717, 1.165) is 12.0 Å². The van der Waals surface area contributed by atoms with Gasteiger partial charge in [-0.2, -0.15) is 0 Å². The van der Waals surface area contributed by atoms with Crippen molar-refractivity contribution in [3.8, 4) is 5.75 Å².